The second-order valence-corrected chi connectivity index (χ2v) is 5.77. The SMILES string of the molecule is Cc1cc(C)nc(NNC(=O)[C@H]2CC(=O)N(C3CC3)C2)n1. The van der Waals surface area contributed by atoms with Crippen LogP contribution in [0, 0.1) is 19.8 Å². The Morgan fingerprint density at radius 3 is 2.57 bits per heavy atom. The molecule has 2 fully saturated rings. The van der Waals surface area contributed by atoms with Gasteiger partial charge in [0.25, 0.3) is 0 Å². The Morgan fingerprint density at radius 2 is 1.95 bits per heavy atom. The highest BCUT2D eigenvalue weighted by molar-refractivity contribution is 5.89. The lowest BCUT2D eigenvalue weighted by Crippen LogP contribution is -2.37. The van der Waals surface area contributed by atoms with E-state index in [1.807, 2.05) is 24.8 Å². The van der Waals surface area contributed by atoms with Crippen LogP contribution >= 0.6 is 0 Å². The molecule has 1 aromatic heterocycles. The summed E-state index contributed by atoms with van der Waals surface area (Å²) in [6.07, 6.45) is 2.42. The summed E-state index contributed by atoms with van der Waals surface area (Å²) in [5, 5.41) is 0. The molecule has 1 aliphatic carbocycles. The third-order valence-electron chi connectivity index (χ3n) is 3.80. The molecule has 1 atom stereocenters. The normalized spacial score (nSPS) is 21.5. The molecule has 0 unspecified atom stereocenters. The first-order valence-corrected chi connectivity index (χ1v) is 7.20. The van der Waals surface area contributed by atoms with Crippen molar-refractivity contribution in [1.82, 2.24) is 20.3 Å². The van der Waals surface area contributed by atoms with Gasteiger partial charge >= 0.3 is 0 Å². The Labute approximate surface area is 123 Å². The molecule has 0 spiro atoms. The van der Waals surface area contributed by atoms with Crippen molar-refractivity contribution in [3.63, 3.8) is 0 Å². The molecule has 0 aromatic carbocycles. The first kappa shape index (κ1) is 13.8. The van der Waals surface area contributed by atoms with Crippen LogP contribution in [0.1, 0.15) is 30.7 Å². The van der Waals surface area contributed by atoms with Crippen molar-refractivity contribution in [2.24, 2.45) is 5.92 Å². The van der Waals surface area contributed by atoms with Gasteiger partial charge in [-0.3, -0.25) is 20.4 Å². The summed E-state index contributed by atoms with van der Waals surface area (Å²) in [6.45, 7) is 4.25. The summed E-state index contributed by atoms with van der Waals surface area (Å²) in [5.74, 6) is -0.0321. The Morgan fingerprint density at radius 1 is 1.29 bits per heavy atom. The van der Waals surface area contributed by atoms with Gasteiger partial charge in [0.15, 0.2) is 0 Å². The number of aryl methyl sites for hydroxylation is 2. The molecular formula is C14H19N5O2. The highest BCUT2D eigenvalue weighted by Crippen LogP contribution is 2.32. The summed E-state index contributed by atoms with van der Waals surface area (Å²) in [7, 11) is 0. The van der Waals surface area contributed by atoms with Crippen LogP contribution in [0.5, 0.6) is 0 Å². The predicted molar refractivity (Wildman–Crippen MR) is 76.1 cm³/mol. The van der Waals surface area contributed by atoms with Crippen molar-refractivity contribution in [3.05, 3.63) is 17.5 Å². The number of carbonyl (C=O) groups excluding carboxylic acids is 2. The number of nitrogens with one attached hydrogen (secondary N) is 2. The Bertz CT molecular complexity index is 564. The Kier molecular flexibility index (Phi) is 3.48. The number of nitrogens with zero attached hydrogens (tertiary/aromatic N) is 3. The number of amides is 2. The van der Waals surface area contributed by atoms with Crippen molar-refractivity contribution in [2.75, 3.05) is 12.0 Å². The van der Waals surface area contributed by atoms with Gasteiger partial charge in [-0.15, -0.1) is 0 Å². The van der Waals surface area contributed by atoms with Crippen molar-refractivity contribution in [2.45, 2.75) is 39.2 Å². The molecule has 1 saturated carbocycles. The maximum absolute atomic E-state index is 12.1. The lowest BCUT2D eigenvalue weighted by atomic mass is 10.1. The molecule has 21 heavy (non-hydrogen) atoms. The monoisotopic (exact) mass is 289 g/mol. The van der Waals surface area contributed by atoms with Crippen LogP contribution in [-0.4, -0.2) is 39.3 Å². The van der Waals surface area contributed by atoms with Gasteiger partial charge in [-0.2, -0.15) is 0 Å². The number of likely N-dealkylation sites (tertiary alicyclic amines) is 1. The van der Waals surface area contributed by atoms with Crippen LogP contribution in [-0.2, 0) is 9.59 Å². The lowest BCUT2D eigenvalue weighted by Gasteiger charge is -2.15. The standard InChI is InChI=1S/C14H19N5O2/c1-8-5-9(2)16-14(15-8)18-17-13(21)10-6-12(20)19(7-10)11-3-4-11/h5,10-11H,3-4,6-7H2,1-2H3,(H,17,21)(H,15,16,18)/t10-/m0/s1. The fraction of sp³-hybridized carbons (Fsp3) is 0.571. The number of aromatic nitrogens is 2. The summed E-state index contributed by atoms with van der Waals surface area (Å²) in [6, 6.07) is 2.22. The van der Waals surface area contributed by atoms with E-state index in [0.717, 1.165) is 24.2 Å². The molecule has 112 valence electrons. The molecule has 7 heteroatoms. The highest BCUT2D eigenvalue weighted by atomic mass is 16.2. The number of hydrogen-bond acceptors (Lipinski definition) is 5. The molecular weight excluding hydrogens is 270 g/mol. The fourth-order valence-electron chi connectivity index (χ4n) is 2.65. The minimum atomic E-state index is -0.295. The second-order valence-electron chi connectivity index (χ2n) is 5.77. The zero-order valence-electron chi connectivity index (χ0n) is 12.2. The third-order valence-corrected chi connectivity index (χ3v) is 3.80. The van der Waals surface area contributed by atoms with E-state index in [1.165, 1.54) is 0 Å². The summed E-state index contributed by atoms with van der Waals surface area (Å²) in [5.41, 5.74) is 6.99. The van der Waals surface area contributed by atoms with Crippen LogP contribution in [0.3, 0.4) is 0 Å². The van der Waals surface area contributed by atoms with Gasteiger partial charge in [0, 0.05) is 30.4 Å². The molecule has 1 aliphatic heterocycles. The number of rotatable bonds is 4. The average molecular weight is 289 g/mol. The van der Waals surface area contributed by atoms with Crippen LogP contribution in [0.4, 0.5) is 5.95 Å². The molecule has 7 nitrogen and oxygen atoms in total. The van der Waals surface area contributed by atoms with Gasteiger partial charge in [-0.05, 0) is 32.8 Å². The van der Waals surface area contributed by atoms with Gasteiger partial charge in [0.2, 0.25) is 17.8 Å². The van der Waals surface area contributed by atoms with Crippen LogP contribution < -0.4 is 10.9 Å². The van der Waals surface area contributed by atoms with Crippen LogP contribution in [0.25, 0.3) is 0 Å². The predicted octanol–water partition coefficient (Wildman–Crippen LogP) is 0.547. The van der Waals surface area contributed by atoms with E-state index in [-0.39, 0.29) is 24.2 Å². The minimum absolute atomic E-state index is 0.0836. The second kappa shape index (κ2) is 5.31. The van der Waals surface area contributed by atoms with E-state index in [4.69, 9.17) is 0 Å². The topological polar surface area (TPSA) is 87.2 Å². The van der Waals surface area contributed by atoms with Gasteiger partial charge in [0.05, 0.1) is 5.92 Å². The fourth-order valence-corrected chi connectivity index (χ4v) is 2.65. The number of hydrazine groups is 1. The Hall–Kier alpha value is -2.18. The molecule has 2 N–H and O–H groups in total. The molecule has 2 aliphatic rings. The maximum atomic E-state index is 12.1. The number of carbonyl (C=O) groups is 2. The number of hydrogen-bond donors (Lipinski definition) is 2. The highest BCUT2D eigenvalue weighted by Gasteiger charge is 2.41. The first-order chi connectivity index (χ1) is 10.0. The van der Waals surface area contributed by atoms with Crippen LogP contribution in [0.15, 0.2) is 6.07 Å². The molecule has 1 aromatic rings. The van der Waals surface area contributed by atoms with E-state index < -0.39 is 0 Å². The van der Waals surface area contributed by atoms with Gasteiger partial charge in [-0.1, -0.05) is 0 Å². The van der Waals surface area contributed by atoms with E-state index >= 15 is 0 Å². The summed E-state index contributed by atoms with van der Waals surface area (Å²) in [4.78, 5) is 34.2. The van der Waals surface area contributed by atoms with Crippen molar-refractivity contribution >= 4 is 17.8 Å². The first-order valence-electron chi connectivity index (χ1n) is 7.20. The molecule has 3 rings (SSSR count). The maximum Gasteiger partial charge on any atom is 0.243 e. The molecule has 2 heterocycles. The minimum Gasteiger partial charge on any atom is -0.339 e. The van der Waals surface area contributed by atoms with E-state index in [1.54, 1.807) is 0 Å². The zero-order chi connectivity index (χ0) is 15.0. The summed E-state index contributed by atoms with van der Waals surface area (Å²) >= 11 is 0. The number of anilines is 1. The molecule has 1 saturated heterocycles. The van der Waals surface area contributed by atoms with Crippen molar-refractivity contribution < 1.29 is 9.59 Å². The summed E-state index contributed by atoms with van der Waals surface area (Å²) < 4.78 is 0. The van der Waals surface area contributed by atoms with E-state index in [0.29, 0.717) is 18.5 Å². The quantitative estimate of drug-likeness (QED) is 0.790. The van der Waals surface area contributed by atoms with Crippen LogP contribution in [0.2, 0.25) is 0 Å². The molecule has 0 bridgehead atoms. The van der Waals surface area contributed by atoms with Crippen molar-refractivity contribution in [1.29, 1.82) is 0 Å². The van der Waals surface area contributed by atoms with Gasteiger partial charge in [-0.25, -0.2) is 9.97 Å². The lowest BCUT2D eigenvalue weighted by molar-refractivity contribution is -0.129. The third kappa shape index (κ3) is 3.12. The largest absolute Gasteiger partial charge is 0.339 e. The smallest absolute Gasteiger partial charge is 0.243 e. The van der Waals surface area contributed by atoms with Gasteiger partial charge < -0.3 is 4.90 Å². The molecule has 2 amide bonds. The zero-order valence-corrected chi connectivity index (χ0v) is 12.2. The Balaban J connectivity index is 1.55. The molecule has 0 radical (unpaired) electrons. The average Bonchev–Trinajstić information content (AvgIpc) is 3.18. The van der Waals surface area contributed by atoms with Gasteiger partial charge in [0.1, 0.15) is 0 Å². The van der Waals surface area contributed by atoms with E-state index in [9.17, 15) is 9.59 Å². The van der Waals surface area contributed by atoms with E-state index in [2.05, 4.69) is 20.8 Å². The van der Waals surface area contributed by atoms with Crippen molar-refractivity contribution in [3.8, 4) is 0 Å².